The fourth-order valence-electron chi connectivity index (χ4n) is 3.02. The molecule has 0 saturated heterocycles. The molecule has 1 aromatic rings. The number of carboxylic acid groups (broad SMARTS) is 1. The van der Waals surface area contributed by atoms with E-state index in [9.17, 15) is 24.8 Å². The van der Waals surface area contributed by atoms with Gasteiger partial charge in [0.2, 0.25) is 5.69 Å². The van der Waals surface area contributed by atoms with E-state index in [0.29, 0.717) is 31.6 Å². The molecule has 0 radical (unpaired) electrons. The molecule has 1 aliphatic carbocycles. The van der Waals surface area contributed by atoms with Gasteiger partial charge in [0, 0.05) is 7.05 Å². The summed E-state index contributed by atoms with van der Waals surface area (Å²) in [5.41, 5.74) is -2.18. The van der Waals surface area contributed by atoms with E-state index in [2.05, 4.69) is 10.4 Å². The number of nitrogens with one attached hydrogen (secondary N) is 1. The van der Waals surface area contributed by atoms with E-state index in [4.69, 9.17) is 0 Å². The van der Waals surface area contributed by atoms with Gasteiger partial charge in [0.25, 0.3) is 5.91 Å². The minimum Gasteiger partial charge on any atom is -0.480 e. The van der Waals surface area contributed by atoms with E-state index in [1.165, 1.54) is 7.05 Å². The van der Waals surface area contributed by atoms with Crippen LogP contribution < -0.4 is 5.32 Å². The Morgan fingerprint density at radius 2 is 2.13 bits per heavy atom. The van der Waals surface area contributed by atoms with Gasteiger partial charge < -0.3 is 10.4 Å². The molecular weight excluding hydrogens is 304 g/mol. The SMILES string of the molecule is CCC1CCC(NC(=O)c2nn(C)cc2[N+](=O)[O-])(C(=O)O)CC1. The second-order valence-corrected chi connectivity index (χ2v) is 5.99. The van der Waals surface area contributed by atoms with Crippen LogP contribution in [0.15, 0.2) is 6.20 Å². The zero-order chi connectivity index (χ0) is 17.2. The summed E-state index contributed by atoms with van der Waals surface area (Å²) in [5.74, 6) is -1.49. The van der Waals surface area contributed by atoms with Gasteiger partial charge in [0.05, 0.1) is 4.92 Å². The predicted octanol–water partition coefficient (Wildman–Crippen LogP) is 1.48. The molecule has 9 heteroatoms. The third-order valence-corrected chi connectivity index (χ3v) is 4.52. The zero-order valence-electron chi connectivity index (χ0n) is 13.1. The Bertz CT molecular complexity index is 631. The minimum absolute atomic E-state index is 0.313. The molecule has 1 saturated carbocycles. The summed E-state index contributed by atoms with van der Waals surface area (Å²) in [6.45, 7) is 2.05. The van der Waals surface area contributed by atoms with Crippen LogP contribution in [-0.2, 0) is 11.8 Å². The first-order valence-electron chi connectivity index (χ1n) is 7.53. The lowest BCUT2D eigenvalue weighted by Crippen LogP contribution is -2.56. The van der Waals surface area contributed by atoms with Crippen LogP contribution in [0.1, 0.15) is 49.5 Å². The van der Waals surface area contributed by atoms with E-state index < -0.39 is 28.0 Å². The van der Waals surface area contributed by atoms with Crippen LogP contribution in [0.3, 0.4) is 0 Å². The lowest BCUT2D eigenvalue weighted by atomic mass is 9.75. The van der Waals surface area contributed by atoms with Crippen LogP contribution in [0.2, 0.25) is 0 Å². The largest absolute Gasteiger partial charge is 0.480 e. The topological polar surface area (TPSA) is 127 Å². The Morgan fingerprint density at radius 1 is 1.52 bits per heavy atom. The van der Waals surface area contributed by atoms with E-state index in [0.717, 1.165) is 17.3 Å². The van der Waals surface area contributed by atoms with Gasteiger partial charge in [-0.05, 0) is 31.6 Å². The van der Waals surface area contributed by atoms with Crippen LogP contribution in [-0.4, -0.2) is 37.2 Å². The Kier molecular flexibility index (Phi) is 4.67. The number of aromatic nitrogens is 2. The summed E-state index contributed by atoms with van der Waals surface area (Å²) in [6, 6.07) is 0. The molecule has 2 rings (SSSR count). The number of aryl methyl sites for hydroxylation is 1. The number of aliphatic carboxylic acids is 1. The molecule has 1 heterocycles. The van der Waals surface area contributed by atoms with Crippen molar-refractivity contribution in [1.82, 2.24) is 15.1 Å². The molecule has 0 bridgehead atoms. The fourth-order valence-corrected chi connectivity index (χ4v) is 3.02. The van der Waals surface area contributed by atoms with Crippen LogP contribution in [0.5, 0.6) is 0 Å². The van der Waals surface area contributed by atoms with Crippen molar-refractivity contribution in [1.29, 1.82) is 0 Å². The third-order valence-electron chi connectivity index (χ3n) is 4.52. The molecule has 0 unspecified atom stereocenters. The lowest BCUT2D eigenvalue weighted by Gasteiger charge is -2.36. The van der Waals surface area contributed by atoms with Gasteiger partial charge in [0.1, 0.15) is 11.7 Å². The number of amides is 1. The van der Waals surface area contributed by atoms with Gasteiger partial charge in [-0.15, -0.1) is 0 Å². The van der Waals surface area contributed by atoms with Crippen molar-refractivity contribution >= 4 is 17.6 Å². The highest BCUT2D eigenvalue weighted by atomic mass is 16.6. The highest BCUT2D eigenvalue weighted by Crippen LogP contribution is 2.34. The first-order chi connectivity index (χ1) is 10.8. The second-order valence-electron chi connectivity index (χ2n) is 5.99. The molecule has 1 aromatic heterocycles. The van der Waals surface area contributed by atoms with Crippen molar-refractivity contribution in [2.24, 2.45) is 13.0 Å². The Labute approximate surface area is 132 Å². The second kappa shape index (κ2) is 6.35. The van der Waals surface area contributed by atoms with Gasteiger partial charge in [0.15, 0.2) is 0 Å². The number of nitro groups is 1. The summed E-state index contributed by atoms with van der Waals surface area (Å²) in [5, 5.41) is 26.8. The van der Waals surface area contributed by atoms with Gasteiger partial charge in [-0.2, -0.15) is 5.10 Å². The van der Waals surface area contributed by atoms with Crippen molar-refractivity contribution in [3.8, 4) is 0 Å². The molecule has 9 nitrogen and oxygen atoms in total. The summed E-state index contributed by atoms with van der Waals surface area (Å²) in [7, 11) is 1.46. The molecular formula is C14H20N4O5. The highest BCUT2D eigenvalue weighted by molar-refractivity contribution is 5.99. The minimum atomic E-state index is -1.38. The van der Waals surface area contributed by atoms with E-state index >= 15 is 0 Å². The molecule has 1 aliphatic rings. The molecule has 2 N–H and O–H groups in total. The zero-order valence-corrected chi connectivity index (χ0v) is 13.1. The van der Waals surface area contributed by atoms with Crippen molar-refractivity contribution in [3.63, 3.8) is 0 Å². The quantitative estimate of drug-likeness (QED) is 0.624. The maximum Gasteiger partial charge on any atom is 0.329 e. The van der Waals surface area contributed by atoms with Gasteiger partial charge in [-0.1, -0.05) is 13.3 Å². The highest BCUT2D eigenvalue weighted by Gasteiger charge is 2.44. The Morgan fingerprint density at radius 3 is 2.61 bits per heavy atom. The number of carbonyl (C=O) groups is 2. The first-order valence-corrected chi connectivity index (χ1v) is 7.53. The predicted molar refractivity (Wildman–Crippen MR) is 79.9 cm³/mol. The lowest BCUT2D eigenvalue weighted by molar-refractivity contribution is -0.385. The first kappa shape index (κ1) is 16.9. The molecule has 0 aromatic carbocycles. The smallest absolute Gasteiger partial charge is 0.329 e. The van der Waals surface area contributed by atoms with E-state index in [1.54, 1.807) is 0 Å². The number of hydrogen-bond donors (Lipinski definition) is 2. The van der Waals surface area contributed by atoms with E-state index in [-0.39, 0.29) is 5.69 Å². The number of hydrogen-bond acceptors (Lipinski definition) is 5. The molecule has 0 atom stereocenters. The summed E-state index contributed by atoms with van der Waals surface area (Å²) < 4.78 is 1.16. The van der Waals surface area contributed by atoms with E-state index in [1.807, 2.05) is 6.92 Å². The average molecular weight is 324 g/mol. The maximum absolute atomic E-state index is 12.4. The van der Waals surface area contributed by atoms with Crippen molar-refractivity contribution in [2.45, 2.75) is 44.6 Å². The molecule has 0 spiro atoms. The Balaban J connectivity index is 2.23. The number of nitrogens with zero attached hydrogens (tertiary/aromatic N) is 3. The van der Waals surface area contributed by atoms with Crippen molar-refractivity contribution < 1.29 is 19.6 Å². The Hall–Kier alpha value is -2.45. The number of carboxylic acids is 1. The van der Waals surface area contributed by atoms with Crippen LogP contribution in [0.25, 0.3) is 0 Å². The maximum atomic E-state index is 12.4. The average Bonchev–Trinajstić information content (AvgIpc) is 2.90. The fraction of sp³-hybridized carbons (Fsp3) is 0.643. The standard InChI is InChI=1S/C14H20N4O5/c1-3-9-4-6-14(7-5-9,13(20)21)15-12(19)11-10(18(22)23)8-17(2)16-11/h8-9H,3-7H2,1-2H3,(H,15,19)(H,20,21). The molecule has 0 aliphatic heterocycles. The normalized spacial score (nSPS) is 24.2. The van der Waals surface area contributed by atoms with Gasteiger partial charge in [-0.25, -0.2) is 4.79 Å². The number of rotatable bonds is 5. The van der Waals surface area contributed by atoms with Crippen LogP contribution >= 0.6 is 0 Å². The third kappa shape index (κ3) is 3.33. The summed E-state index contributed by atoms with van der Waals surface area (Å²) in [4.78, 5) is 34.3. The van der Waals surface area contributed by atoms with Crippen LogP contribution in [0.4, 0.5) is 5.69 Å². The summed E-state index contributed by atoms with van der Waals surface area (Å²) in [6.07, 6.45) is 4.12. The van der Waals surface area contributed by atoms with Gasteiger partial charge in [-0.3, -0.25) is 19.6 Å². The summed E-state index contributed by atoms with van der Waals surface area (Å²) >= 11 is 0. The van der Waals surface area contributed by atoms with Crippen molar-refractivity contribution in [2.75, 3.05) is 0 Å². The number of carbonyl (C=O) groups excluding carboxylic acids is 1. The monoisotopic (exact) mass is 324 g/mol. The molecule has 126 valence electrons. The molecule has 1 fully saturated rings. The van der Waals surface area contributed by atoms with Crippen molar-refractivity contribution in [3.05, 3.63) is 22.0 Å². The molecule has 1 amide bonds. The molecule has 23 heavy (non-hydrogen) atoms. The van der Waals surface area contributed by atoms with Gasteiger partial charge >= 0.3 is 11.7 Å². The van der Waals surface area contributed by atoms with Crippen LogP contribution in [0, 0.1) is 16.0 Å².